The van der Waals surface area contributed by atoms with Gasteiger partial charge in [0.25, 0.3) is 0 Å². The van der Waals surface area contributed by atoms with Crippen molar-refractivity contribution in [3.05, 3.63) is 25.3 Å². The van der Waals surface area contributed by atoms with E-state index in [1.807, 2.05) is 4.90 Å². The summed E-state index contributed by atoms with van der Waals surface area (Å²) < 4.78 is 12.0. The third-order valence-corrected chi connectivity index (χ3v) is 9.06. The first-order chi connectivity index (χ1) is 18.3. The Bertz CT molecular complexity index is 946. The molecule has 3 aliphatic heterocycles. The fourth-order valence-electron chi connectivity index (χ4n) is 7.21. The zero-order valence-corrected chi connectivity index (χ0v) is 25.9. The Hall–Kier alpha value is -1.71. The smallest absolute Gasteiger partial charge is 0.312 e. The molecular weight excluding hydrogens is 564 g/mol. The van der Waals surface area contributed by atoms with Crippen LogP contribution in [0, 0.1) is 17.3 Å². The first-order valence-electron chi connectivity index (χ1n) is 14.2. The van der Waals surface area contributed by atoms with E-state index in [2.05, 4.69) is 63.7 Å². The fourth-order valence-corrected chi connectivity index (χ4v) is 8.15. The molecule has 6 atom stereocenters. The van der Waals surface area contributed by atoms with Gasteiger partial charge < -0.3 is 24.4 Å². The number of carbonyl (C=O) groups excluding carboxylic acids is 3. The van der Waals surface area contributed by atoms with Gasteiger partial charge in [-0.3, -0.25) is 14.4 Å². The van der Waals surface area contributed by atoms with Gasteiger partial charge in [-0.25, -0.2) is 0 Å². The normalized spacial score (nSPS) is 29.9. The summed E-state index contributed by atoms with van der Waals surface area (Å²) in [5, 5.41) is 9.16. The maximum absolute atomic E-state index is 14.7. The van der Waals surface area contributed by atoms with Crippen LogP contribution in [0.3, 0.4) is 0 Å². The molecular formula is C30H47BrN2O6. The number of hydrogen-bond donors (Lipinski definition) is 1. The van der Waals surface area contributed by atoms with Gasteiger partial charge in [0.05, 0.1) is 17.9 Å². The number of carbonyl (C=O) groups is 3. The van der Waals surface area contributed by atoms with Crippen LogP contribution in [0.25, 0.3) is 0 Å². The zero-order chi connectivity index (χ0) is 29.2. The average Bonchev–Trinajstić information content (AvgIpc) is 3.42. The number of aliphatic hydroxyl groups is 1. The molecule has 0 aromatic rings. The fraction of sp³-hybridized carbons (Fsp3) is 0.767. The number of aliphatic hydroxyl groups excluding tert-OH is 1. The van der Waals surface area contributed by atoms with E-state index >= 15 is 0 Å². The van der Waals surface area contributed by atoms with Crippen LogP contribution in [0.15, 0.2) is 25.3 Å². The Morgan fingerprint density at radius 2 is 1.85 bits per heavy atom. The summed E-state index contributed by atoms with van der Waals surface area (Å²) >= 11 is 3.70. The van der Waals surface area contributed by atoms with E-state index < -0.39 is 41.1 Å². The second-order valence-corrected chi connectivity index (χ2v) is 14.2. The molecule has 0 aliphatic carbocycles. The lowest BCUT2D eigenvalue weighted by molar-refractivity contribution is -0.155. The predicted molar refractivity (Wildman–Crippen MR) is 154 cm³/mol. The van der Waals surface area contributed by atoms with Crippen molar-refractivity contribution in [1.29, 1.82) is 0 Å². The summed E-state index contributed by atoms with van der Waals surface area (Å²) in [5.74, 6) is -2.45. The molecule has 3 aliphatic rings. The Balaban J connectivity index is 2.03. The number of nitrogens with zero attached hydrogens (tertiary/aromatic N) is 2. The SMILES string of the molecule is C=CCOC(=O)[C@H]1[C@H]2C(=O)N(CCCCCCO)C(C(=O)N(CC=C)C(C)(C)CC(C)(C)C)C23CC(Br)[C@@H]1O3. The molecule has 3 rings (SSSR count). The molecule has 1 spiro atoms. The minimum Gasteiger partial charge on any atom is -0.461 e. The van der Waals surface area contributed by atoms with E-state index in [0.29, 0.717) is 32.4 Å². The summed E-state index contributed by atoms with van der Waals surface area (Å²) in [6.07, 6.45) is 6.94. The van der Waals surface area contributed by atoms with Crippen molar-refractivity contribution in [3.8, 4) is 0 Å². The summed E-state index contributed by atoms with van der Waals surface area (Å²) in [4.78, 5) is 45.3. The molecule has 0 aromatic carbocycles. The summed E-state index contributed by atoms with van der Waals surface area (Å²) in [6, 6.07) is -0.853. The Kier molecular flexibility index (Phi) is 10.1. The number of ether oxygens (including phenoxy) is 2. The topological polar surface area (TPSA) is 96.4 Å². The first kappa shape index (κ1) is 31.8. The molecule has 220 valence electrons. The molecule has 3 saturated heterocycles. The van der Waals surface area contributed by atoms with Crippen molar-refractivity contribution < 1.29 is 29.0 Å². The number of fused-ring (bicyclic) bond motifs is 1. The third kappa shape index (κ3) is 6.30. The molecule has 8 nitrogen and oxygen atoms in total. The lowest BCUT2D eigenvalue weighted by Crippen LogP contribution is -2.61. The standard InChI is InChI=1S/C30H47BrN2O6/c1-8-14-33(29(6,7)19-28(3,4)5)26(36)24-30-18-20(31)23(39-30)21(27(37)38-17-9-2)22(30)25(35)32(24)15-12-10-11-13-16-34/h8-9,20-24,34H,1-2,10-19H2,3-7H3/t20?,21-,22-,23-,24?,30?/m0/s1. The van der Waals surface area contributed by atoms with E-state index in [-0.39, 0.29) is 35.3 Å². The molecule has 2 bridgehead atoms. The van der Waals surface area contributed by atoms with Crippen LogP contribution in [-0.2, 0) is 23.9 Å². The molecule has 3 heterocycles. The van der Waals surface area contributed by atoms with Gasteiger partial charge in [0, 0.05) is 30.1 Å². The van der Waals surface area contributed by atoms with E-state index in [1.165, 1.54) is 6.08 Å². The molecule has 9 heteroatoms. The Morgan fingerprint density at radius 3 is 2.44 bits per heavy atom. The monoisotopic (exact) mass is 610 g/mol. The molecule has 39 heavy (non-hydrogen) atoms. The van der Waals surface area contributed by atoms with Crippen molar-refractivity contribution in [2.75, 3.05) is 26.3 Å². The Labute approximate surface area is 242 Å². The van der Waals surface area contributed by atoms with E-state index in [0.717, 1.165) is 19.3 Å². The van der Waals surface area contributed by atoms with Crippen LogP contribution in [-0.4, -0.2) is 87.1 Å². The van der Waals surface area contributed by atoms with Crippen LogP contribution in [0.2, 0.25) is 0 Å². The van der Waals surface area contributed by atoms with Gasteiger partial charge in [-0.2, -0.15) is 0 Å². The van der Waals surface area contributed by atoms with Crippen molar-refractivity contribution >= 4 is 33.7 Å². The summed E-state index contributed by atoms with van der Waals surface area (Å²) in [6.45, 7) is 19.0. The first-order valence-corrected chi connectivity index (χ1v) is 15.1. The number of amides is 2. The van der Waals surface area contributed by atoms with Gasteiger partial charge in [-0.1, -0.05) is 68.3 Å². The molecule has 0 saturated carbocycles. The van der Waals surface area contributed by atoms with Gasteiger partial charge in [0.15, 0.2) is 0 Å². The lowest BCUT2D eigenvalue weighted by atomic mass is 9.70. The zero-order valence-electron chi connectivity index (χ0n) is 24.3. The van der Waals surface area contributed by atoms with Crippen LogP contribution in [0.1, 0.15) is 73.1 Å². The maximum Gasteiger partial charge on any atom is 0.312 e. The molecule has 1 N–H and O–H groups in total. The average molecular weight is 612 g/mol. The number of unbranched alkanes of at least 4 members (excludes halogenated alkanes) is 3. The van der Waals surface area contributed by atoms with Crippen molar-refractivity contribution in [2.45, 2.75) is 101 Å². The van der Waals surface area contributed by atoms with Crippen molar-refractivity contribution in [1.82, 2.24) is 9.80 Å². The predicted octanol–water partition coefficient (Wildman–Crippen LogP) is 4.25. The molecule has 3 fully saturated rings. The quantitative estimate of drug-likeness (QED) is 0.137. The number of alkyl halides is 1. The molecule has 3 unspecified atom stereocenters. The molecule has 0 radical (unpaired) electrons. The van der Waals surface area contributed by atoms with E-state index in [4.69, 9.17) is 14.6 Å². The highest BCUT2D eigenvalue weighted by molar-refractivity contribution is 9.09. The highest BCUT2D eigenvalue weighted by Crippen LogP contribution is 2.60. The number of esters is 1. The largest absolute Gasteiger partial charge is 0.461 e. The molecule has 2 amide bonds. The van der Waals surface area contributed by atoms with Gasteiger partial charge >= 0.3 is 5.97 Å². The number of rotatable bonds is 14. The third-order valence-electron chi connectivity index (χ3n) is 8.22. The van der Waals surface area contributed by atoms with Crippen LogP contribution in [0.4, 0.5) is 0 Å². The summed E-state index contributed by atoms with van der Waals surface area (Å²) in [5.41, 5.74) is -1.67. The van der Waals surface area contributed by atoms with Crippen LogP contribution >= 0.6 is 15.9 Å². The molecule has 0 aromatic heterocycles. The van der Waals surface area contributed by atoms with Crippen LogP contribution in [0.5, 0.6) is 0 Å². The minimum atomic E-state index is -1.12. The van der Waals surface area contributed by atoms with E-state index in [9.17, 15) is 14.4 Å². The number of likely N-dealkylation sites (tertiary alicyclic amines) is 1. The highest BCUT2D eigenvalue weighted by atomic mass is 79.9. The van der Waals surface area contributed by atoms with Crippen molar-refractivity contribution in [3.63, 3.8) is 0 Å². The maximum atomic E-state index is 14.7. The minimum absolute atomic E-state index is 0.0365. The lowest BCUT2D eigenvalue weighted by Gasteiger charge is -2.45. The second kappa shape index (κ2) is 12.4. The van der Waals surface area contributed by atoms with Gasteiger partial charge in [-0.15, -0.1) is 6.58 Å². The van der Waals surface area contributed by atoms with E-state index in [1.54, 1.807) is 11.0 Å². The van der Waals surface area contributed by atoms with Crippen LogP contribution < -0.4 is 0 Å². The second-order valence-electron chi connectivity index (χ2n) is 13.0. The van der Waals surface area contributed by atoms with Gasteiger partial charge in [-0.05, 0) is 44.9 Å². The summed E-state index contributed by atoms with van der Waals surface area (Å²) in [7, 11) is 0. The van der Waals surface area contributed by atoms with Crippen molar-refractivity contribution in [2.24, 2.45) is 17.3 Å². The number of hydrogen-bond acceptors (Lipinski definition) is 6. The highest BCUT2D eigenvalue weighted by Gasteiger charge is 2.77. The van der Waals surface area contributed by atoms with Gasteiger partial charge in [0.1, 0.15) is 18.2 Å². The number of halogens is 1. The van der Waals surface area contributed by atoms with Gasteiger partial charge in [0.2, 0.25) is 11.8 Å². The Morgan fingerprint density at radius 1 is 1.18 bits per heavy atom.